The molecule has 6 heteroatoms. The number of carbonyl (C=O) groups is 1. The summed E-state index contributed by atoms with van der Waals surface area (Å²) in [6, 6.07) is 13.9. The van der Waals surface area contributed by atoms with Gasteiger partial charge in [-0.2, -0.15) is 0 Å². The van der Waals surface area contributed by atoms with Crippen LogP contribution in [0.4, 0.5) is 11.4 Å². The zero-order valence-electron chi connectivity index (χ0n) is 17.6. The number of rotatable bonds is 8. The Balaban J connectivity index is 1.54. The van der Waals surface area contributed by atoms with Crippen LogP contribution >= 0.6 is 0 Å². The van der Waals surface area contributed by atoms with Crippen molar-refractivity contribution in [3.63, 3.8) is 0 Å². The van der Waals surface area contributed by atoms with Crippen LogP contribution in [0, 0.1) is 0 Å². The first-order valence-corrected chi connectivity index (χ1v) is 10.1. The Morgan fingerprint density at radius 3 is 2.41 bits per heavy atom. The highest BCUT2D eigenvalue weighted by molar-refractivity contribution is 5.92. The monoisotopic (exact) mass is 397 g/mol. The van der Waals surface area contributed by atoms with E-state index in [1.165, 1.54) is 24.9 Å². The fourth-order valence-corrected chi connectivity index (χ4v) is 3.78. The van der Waals surface area contributed by atoms with Crippen molar-refractivity contribution in [2.45, 2.75) is 25.8 Å². The number of anilines is 2. The van der Waals surface area contributed by atoms with E-state index in [1.54, 1.807) is 14.2 Å². The average molecular weight is 398 g/mol. The number of para-hydroxylation sites is 1. The second kappa shape index (κ2) is 10.2. The Bertz CT molecular complexity index is 802. The van der Waals surface area contributed by atoms with Crippen LogP contribution in [0.25, 0.3) is 0 Å². The van der Waals surface area contributed by atoms with Crippen molar-refractivity contribution in [2.75, 3.05) is 51.1 Å². The lowest BCUT2D eigenvalue weighted by atomic mass is 10.1. The molecule has 2 aromatic carbocycles. The zero-order valence-corrected chi connectivity index (χ0v) is 17.6. The Morgan fingerprint density at radius 1 is 1.03 bits per heavy atom. The largest absolute Gasteiger partial charge is 0.493 e. The van der Waals surface area contributed by atoms with Gasteiger partial charge in [0, 0.05) is 36.6 Å². The van der Waals surface area contributed by atoms with Crippen molar-refractivity contribution in [1.82, 2.24) is 4.90 Å². The van der Waals surface area contributed by atoms with Gasteiger partial charge in [0.15, 0.2) is 11.5 Å². The van der Waals surface area contributed by atoms with Gasteiger partial charge < -0.3 is 19.7 Å². The van der Waals surface area contributed by atoms with Gasteiger partial charge in [0.05, 0.1) is 20.8 Å². The fourth-order valence-electron chi connectivity index (χ4n) is 3.78. The summed E-state index contributed by atoms with van der Waals surface area (Å²) in [5.41, 5.74) is 3.03. The molecule has 1 N–H and O–H groups in total. The summed E-state index contributed by atoms with van der Waals surface area (Å²) in [6.07, 6.45) is 3.82. The van der Waals surface area contributed by atoms with Crippen molar-refractivity contribution in [3.05, 3.63) is 48.0 Å². The van der Waals surface area contributed by atoms with Crippen LogP contribution in [0.1, 0.15) is 24.8 Å². The molecule has 3 rings (SSSR count). The van der Waals surface area contributed by atoms with Gasteiger partial charge in [-0.3, -0.25) is 9.69 Å². The number of likely N-dealkylation sites (N-methyl/N-ethyl adjacent to an activating group) is 1. The highest BCUT2D eigenvalue weighted by Crippen LogP contribution is 2.31. The second-order valence-electron chi connectivity index (χ2n) is 7.47. The minimum Gasteiger partial charge on any atom is -0.493 e. The van der Waals surface area contributed by atoms with E-state index < -0.39 is 0 Å². The Hall–Kier alpha value is -2.73. The first-order valence-electron chi connectivity index (χ1n) is 10.1. The van der Waals surface area contributed by atoms with E-state index in [1.807, 2.05) is 42.3 Å². The molecule has 1 aliphatic heterocycles. The van der Waals surface area contributed by atoms with Gasteiger partial charge >= 0.3 is 0 Å². The molecule has 0 saturated carbocycles. The van der Waals surface area contributed by atoms with Gasteiger partial charge in [0.1, 0.15) is 0 Å². The molecular weight excluding hydrogens is 366 g/mol. The molecule has 1 saturated heterocycles. The summed E-state index contributed by atoms with van der Waals surface area (Å²) in [7, 11) is 5.16. The molecule has 29 heavy (non-hydrogen) atoms. The number of methoxy groups -OCH3 is 2. The fraction of sp³-hybridized carbons (Fsp3) is 0.435. The summed E-state index contributed by atoms with van der Waals surface area (Å²) in [5, 5.41) is 2.98. The molecule has 2 aromatic rings. The number of hydrogen-bond donors (Lipinski definition) is 1. The number of benzene rings is 2. The minimum atomic E-state index is -0.0416. The number of hydrogen-bond acceptors (Lipinski definition) is 5. The Morgan fingerprint density at radius 2 is 1.76 bits per heavy atom. The molecule has 0 bridgehead atoms. The summed E-state index contributed by atoms with van der Waals surface area (Å²) < 4.78 is 10.8. The van der Waals surface area contributed by atoms with Gasteiger partial charge in [0.25, 0.3) is 0 Å². The van der Waals surface area contributed by atoms with E-state index in [0.29, 0.717) is 18.0 Å². The van der Waals surface area contributed by atoms with E-state index >= 15 is 0 Å². The van der Waals surface area contributed by atoms with Gasteiger partial charge in [-0.15, -0.1) is 0 Å². The van der Waals surface area contributed by atoms with Crippen molar-refractivity contribution in [2.24, 2.45) is 0 Å². The lowest BCUT2D eigenvalue weighted by Gasteiger charge is -2.28. The molecule has 0 radical (unpaired) electrons. The number of nitrogens with one attached hydrogen (secondary N) is 1. The van der Waals surface area contributed by atoms with Crippen LogP contribution in [0.5, 0.6) is 11.5 Å². The Kier molecular flexibility index (Phi) is 7.36. The molecule has 0 unspecified atom stereocenters. The highest BCUT2D eigenvalue weighted by atomic mass is 16.5. The van der Waals surface area contributed by atoms with Gasteiger partial charge in [-0.05, 0) is 56.6 Å². The van der Waals surface area contributed by atoms with Crippen LogP contribution < -0.4 is 19.7 Å². The van der Waals surface area contributed by atoms with Crippen molar-refractivity contribution in [1.29, 1.82) is 0 Å². The lowest BCUT2D eigenvalue weighted by Crippen LogP contribution is -2.30. The number of ether oxygens (including phenoxy) is 2. The Labute approximate surface area is 173 Å². The molecule has 6 nitrogen and oxygen atoms in total. The number of carbonyl (C=O) groups excluding carboxylic acids is 1. The number of nitrogens with zero attached hydrogens (tertiary/aromatic N) is 2. The maximum atomic E-state index is 12.5. The normalized spacial score (nSPS) is 14.0. The second-order valence-corrected chi connectivity index (χ2v) is 7.47. The van der Waals surface area contributed by atoms with Crippen LogP contribution in [-0.4, -0.2) is 51.7 Å². The van der Waals surface area contributed by atoms with Crippen molar-refractivity contribution < 1.29 is 14.3 Å². The molecule has 0 atom stereocenters. The summed E-state index contributed by atoms with van der Waals surface area (Å²) >= 11 is 0. The first-order chi connectivity index (χ1) is 14.1. The predicted octanol–water partition coefficient (Wildman–Crippen LogP) is 3.76. The molecular formula is C23H31N3O3. The lowest BCUT2D eigenvalue weighted by molar-refractivity contribution is -0.117. The van der Waals surface area contributed by atoms with Crippen LogP contribution in [0.15, 0.2) is 42.5 Å². The smallest absolute Gasteiger partial charge is 0.238 e. The molecule has 0 aliphatic carbocycles. The SMILES string of the molecule is COc1cccc(CN(C)CC(=O)Nc2ccc(N3CCCCC3)cc2)c1OC. The third kappa shape index (κ3) is 5.64. The van der Waals surface area contributed by atoms with E-state index in [9.17, 15) is 4.79 Å². The van der Waals surface area contributed by atoms with Crippen LogP contribution in [0.2, 0.25) is 0 Å². The van der Waals surface area contributed by atoms with E-state index in [-0.39, 0.29) is 12.5 Å². The topological polar surface area (TPSA) is 54.0 Å². The quantitative estimate of drug-likeness (QED) is 0.735. The molecule has 156 valence electrons. The molecule has 0 aromatic heterocycles. The van der Waals surface area contributed by atoms with Crippen molar-refractivity contribution in [3.8, 4) is 11.5 Å². The maximum Gasteiger partial charge on any atom is 0.238 e. The molecule has 1 amide bonds. The number of piperidine rings is 1. The average Bonchev–Trinajstić information content (AvgIpc) is 2.74. The first kappa shape index (κ1) is 21.0. The van der Waals surface area contributed by atoms with E-state index in [4.69, 9.17) is 9.47 Å². The molecule has 0 spiro atoms. The zero-order chi connectivity index (χ0) is 20.6. The van der Waals surface area contributed by atoms with Crippen LogP contribution in [0.3, 0.4) is 0 Å². The summed E-state index contributed by atoms with van der Waals surface area (Å²) in [4.78, 5) is 16.8. The standard InChI is InChI=1S/C23H31N3O3/c1-25(16-18-8-7-9-21(28-2)23(18)29-3)17-22(27)24-19-10-12-20(13-11-19)26-14-5-4-6-15-26/h7-13H,4-6,14-17H2,1-3H3,(H,24,27). The van der Waals surface area contributed by atoms with Gasteiger partial charge in [-0.25, -0.2) is 0 Å². The van der Waals surface area contributed by atoms with E-state index in [2.05, 4.69) is 22.3 Å². The highest BCUT2D eigenvalue weighted by Gasteiger charge is 2.14. The van der Waals surface area contributed by atoms with Gasteiger partial charge in [0.2, 0.25) is 5.91 Å². The summed E-state index contributed by atoms with van der Waals surface area (Å²) in [5.74, 6) is 1.35. The van der Waals surface area contributed by atoms with E-state index in [0.717, 1.165) is 24.3 Å². The number of amides is 1. The molecule has 1 fully saturated rings. The summed E-state index contributed by atoms with van der Waals surface area (Å²) in [6.45, 7) is 3.10. The minimum absolute atomic E-state index is 0.0416. The predicted molar refractivity (Wildman–Crippen MR) is 117 cm³/mol. The molecule has 1 aliphatic rings. The molecule has 1 heterocycles. The van der Waals surface area contributed by atoms with Crippen LogP contribution in [-0.2, 0) is 11.3 Å². The third-order valence-corrected chi connectivity index (χ3v) is 5.21. The maximum absolute atomic E-state index is 12.5. The third-order valence-electron chi connectivity index (χ3n) is 5.21. The van der Waals surface area contributed by atoms with Crippen molar-refractivity contribution >= 4 is 17.3 Å². The van der Waals surface area contributed by atoms with Gasteiger partial charge in [-0.1, -0.05) is 12.1 Å².